The van der Waals surface area contributed by atoms with Gasteiger partial charge in [0, 0.05) is 55.6 Å². The maximum absolute atomic E-state index is 13.8. The number of piperidine rings is 1. The van der Waals surface area contributed by atoms with E-state index < -0.39 is 23.6 Å². The van der Waals surface area contributed by atoms with E-state index in [0.29, 0.717) is 69.8 Å². The minimum Gasteiger partial charge on any atom is -0.494 e. The second-order valence-electron chi connectivity index (χ2n) is 15.5. The van der Waals surface area contributed by atoms with E-state index in [-0.39, 0.29) is 48.4 Å². The maximum atomic E-state index is 13.8. The number of allylic oxidation sites excluding steroid dienone is 3. The van der Waals surface area contributed by atoms with Crippen LogP contribution in [-0.4, -0.2) is 116 Å². The Morgan fingerprint density at radius 3 is 1.97 bits per heavy atom. The molecule has 6 rings (SSSR count). The largest absolute Gasteiger partial charge is 0.494 e. The number of anilines is 2. The van der Waals surface area contributed by atoms with Crippen molar-refractivity contribution in [1.29, 1.82) is 0 Å². The number of fused-ring (bicyclic) bond motifs is 2. The number of carbonyl (C=O) groups is 4. The molecule has 1 aliphatic rings. The van der Waals surface area contributed by atoms with Gasteiger partial charge in [-0.3, -0.25) is 44.4 Å². The molecule has 9 N–H and O–H groups in total. The number of aromatic nitrogens is 6. The van der Waals surface area contributed by atoms with E-state index >= 15 is 0 Å². The number of carbonyl (C=O) groups excluding carboxylic acids is 4. The summed E-state index contributed by atoms with van der Waals surface area (Å²) in [4.78, 5) is 68.4. The minimum absolute atomic E-state index is 0.100. The Labute approximate surface area is 376 Å². The van der Waals surface area contributed by atoms with Crippen LogP contribution in [0.4, 0.5) is 11.9 Å². The van der Waals surface area contributed by atoms with E-state index in [9.17, 15) is 19.2 Å². The standard InChI is InChI=1S/C45H58N14O6/c1-7-50-34(21-27(3)46)42(62)53-44-51-32-23-29(40(47)60)25-36(64-6)38(32)57(44)16-9-10-17-58-39-33(52-45(58)54-43(63)35-22-28(4)55-59(35)8-2)24-30(41(48)61)26-37(39)65-20-12-11-15-56-18-13-31(49-5)14-19-56/h9-12,21-26,31,49H,7-8,13-20,46H2,1-6H3,(H2,47,60)(H2,48,61)(H,51,53,62)(H,52,54,63)/b10-9+,12-11+,27-21-,50-34?. The summed E-state index contributed by atoms with van der Waals surface area (Å²) in [5.74, 6) is -1.41. The van der Waals surface area contributed by atoms with Gasteiger partial charge < -0.3 is 41.1 Å². The lowest BCUT2D eigenvalue weighted by atomic mass is 10.1. The molecule has 0 saturated carbocycles. The van der Waals surface area contributed by atoms with Crippen LogP contribution in [0.15, 0.2) is 71.4 Å². The predicted molar refractivity (Wildman–Crippen MR) is 250 cm³/mol. The average molecular weight is 891 g/mol. The molecule has 4 heterocycles. The first-order valence-corrected chi connectivity index (χ1v) is 21.4. The molecule has 20 heteroatoms. The molecule has 0 spiro atoms. The first-order valence-electron chi connectivity index (χ1n) is 21.4. The van der Waals surface area contributed by atoms with Gasteiger partial charge in [0.25, 0.3) is 11.8 Å². The van der Waals surface area contributed by atoms with Crippen LogP contribution in [0.2, 0.25) is 0 Å². The number of benzene rings is 2. The van der Waals surface area contributed by atoms with Crippen LogP contribution in [0.25, 0.3) is 22.1 Å². The van der Waals surface area contributed by atoms with Gasteiger partial charge in [-0.05, 0) is 97.1 Å². The summed E-state index contributed by atoms with van der Waals surface area (Å²) in [7, 11) is 3.45. The third-order valence-electron chi connectivity index (χ3n) is 10.8. The number of rotatable bonds is 20. The summed E-state index contributed by atoms with van der Waals surface area (Å²) >= 11 is 0. The Kier molecular flexibility index (Phi) is 15.5. The topological polar surface area (TPSA) is 270 Å². The second-order valence-corrected chi connectivity index (χ2v) is 15.5. The van der Waals surface area contributed by atoms with Crippen LogP contribution in [0, 0.1) is 6.92 Å². The quantitative estimate of drug-likeness (QED) is 0.0484. The van der Waals surface area contributed by atoms with Gasteiger partial charge in [0.15, 0.2) is 0 Å². The molecular formula is C45H58N14O6. The van der Waals surface area contributed by atoms with E-state index in [1.54, 1.807) is 52.8 Å². The highest BCUT2D eigenvalue weighted by Gasteiger charge is 2.23. The number of nitrogens with zero attached hydrogens (tertiary/aromatic N) is 8. The van der Waals surface area contributed by atoms with Crippen LogP contribution in [0.1, 0.15) is 70.5 Å². The van der Waals surface area contributed by atoms with Crippen molar-refractivity contribution in [3.05, 3.63) is 88.9 Å². The second kappa shape index (κ2) is 21.4. The summed E-state index contributed by atoms with van der Waals surface area (Å²) in [5, 5.41) is 13.6. The van der Waals surface area contributed by atoms with E-state index in [2.05, 4.69) is 42.0 Å². The number of ether oxygens (including phenoxy) is 2. The van der Waals surface area contributed by atoms with Gasteiger partial charge in [0.05, 0.1) is 23.8 Å². The zero-order valence-electron chi connectivity index (χ0n) is 37.7. The molecule has 65 heavy (non-hydrogen) atoms. The number of imidazole rings is 2. The minimum atomic E-state index is -0.682. The van der Waals surface area contributed by atoms with Crippen molar-refractivity contribution in [1.82, 2.24) is 39.1 Å². The predicted octanol–water partition coefficient (Wildman–Crippen LogP) is 3.51. The number of hydrogen-bond donors (Lipinski definition) is 6. The van der Waals surface area contributed by atoms with Crippen LogP contribution >= 0.6 is 0 Å². The summed E-state index contributed by atoms with van der Waals surface area (Å²) in [6.45, 7) is 11.2. The Hall–Kier alpha value is -7.32. The van der Waals surface area contributed by atoms with Crippen LogP contribution in [0.5, 0.6) is 11.5 Å². The number of aryl methyl sites for hydroxylation is 2. The highest BCUT2D eigenvalue weighted by molar-refractivity contribution is 6.47. The van der Waals surface area contributed by atoms with Crippen molar-refractivity contribution >= 4 is 63.3 Å². The van der Waals surface area contributed by atoms with E-state index in [1.807, 2.05) is 32.2 Å². The van der Waals surface area contributed by atoms with Gasteiger partial charge in [-0.25, -0.2) is 9.97 Å². The Morgan fingerprint density at radius 1 is 0.831 bits per heavy atom. The van der Waals surface area contributed by atoms with Crippen molar-refractivity contribution in [3.8, 4) is 11.5 Å². The van der Waals surface area contributed by atoms with Crippen molar-refractivity contribution in [2.75, 3.05) is 57.6 Å². The number of nitrogens with one attached hydrogen (secondary N) is 3. The number of methoxy groups -OCH3 is 1. The number of hydrogen-bond acceptors (Lipinski definition) is 13. The molecular weight excluding hydrogens is 833 g/mol. The number of nitrogens with two attached hydrogens (primary N) is 3. The van der Waals surface area contributed by atoms with Gasteiger partial charge in [-0.15, -0.1) is 0 Å². The van der Waals surface area contributed by atoms with Gasteiger partial charge >= 0.3 is 0 Å². The van der Waals surface area contributed by atoms with Gasteiger partial charge in [-0.2, -0.15) is 5.10 Å². The zero-order chi connectivity index (χ0) is 46.8. The molecule has 1 aliphatic heterocycles. The zero-order valence-corrected chi connectivity index (χ0v) is 37.7. The van der Waals surface area contributed by atoms with Crippen molar-refractivity contribution in [3.63, 3.8) is 0 Å². The third kappa shape index (κ3) is 11.3. The normalized spacial score (nSPS) is 14.2. The molecule has 2 aromatic carbocycles. The molecule has 0 bridgehead atoms. The maximum Gasteiger partial charge on any atom is 0.276 e. The molecule has 1 saturated heterocycles. The molecule has 3 aromatic heterocycles. The van der Waals surface area contributed by atoms with Crippen LogP contribution in [0.3, 0.4) is 0 Å². The van der Waals surface area contributed by atoms with Gasteiger partial charge in [0.2, 0.25) is 23.7 Å². The lowest BCUT2D eigenvalue weighted by Gasteiger charge is -2.30. The molecule has 0 atom stereocenters. The molecule has 0 unspecified atom stereocenters. The fourth-order valence-corrected chi connectivity index (χ4v) is 7.62. The molecule has 20 nitrogen and oxygen atoms in total. The summed E-state index contributed by atoms with van der Waals surface area (Å²) in [6, 6.07) is 8.38. The van der Waals surface area contributed by atoms with Crippen LogP contribution in [-0.2, 0) is 24.4 Å². The van der Waals surface area contributed by atoms with E-state index in [4.69, 9.17) is 31.7 Å². The lowest BCUT2D eigenvalue weighted by Crippen LogP contribution is -2.41. The third-order valence-corrected chi connectivity index (χ3v) is 10.8. The van der Waals surface area contributed by atoms with Crippen molar-refractivity contribution < 1.29 is 28.7 Å². The molecule has 0 radical (unpaired) electrons. The number of primary amides is 2. The Balaban J connectivity index is 1.37. The monoisotopic (exact) mass is 890 g/mol. The Morgan fingerprint density at radius 2 is 1.42 bits per heavy atom. The molecule has 0 aliphatic carbocycles. The summed E-state index contributed by atoms with van der Waals surface area (Å²) in [5.41, 5.74) is 20.9. The summed E-state index contributed by atoms with van der Waals surface area (Å²) < 4.78 is 17.1. The van der Waals surface area contributed by atoms with Crippen molar-refractivity contribution in [2.45, 2.75) is 66.2 Å². The molecule has 1 fully saturated rings. The molecule has 344 valence electrons. The van der Waals surface area contributed by atoms with E-state index in [1.165, 1.54) is 25.3 Å². The lowest BCUT2D eigenvalue weighted by molar-refractivity contribution is -0.110. The smallest absolute Gasteiger partial charge is 0.276 e. The average Bonchev–Trinajstić information content (AvgIpc) is 3.96. The van der Waals surface area contributed by atoms with Gasteiger partial charge in [-0.1, -0.05) is 24.3 Å². The van der Waals surface area contributed by atoms with Crippen molar-refractivity contribution in [2.24, 2.45) is 22.2 Å². The fraction of sp³-hybridized carbons (Fsp3) is 0.378. The SMILES string of the molecule is CCN=C(/C=C(/C)N)C(=O)Nc1nc2cc(C(N)=O)cc(OC)c2n1C/C=C/Cn1c(NC(=O)c2cc(C)nn2CC)nc2cc(C(N)=O)cc(OC/C=C/CN3CCC(NC)CC3)c21. The van der Waals surface area contributed by atoms with E-state index in [0.717, 1.165) is 32.5 Å². The highest BCUT2D eigenvalue weighted by atomic mass is 16.5. The summed E-state index contributed by atoms with van der Waals surface area (Å²) in [6.07, 6.45) is 11.3. The molecule has 4 amide bonds. The first-order chi connectivity index (χ1) is 31.2. The Bertz CT molecular complexity index is 2690. The van der Waals surface area contributed by atoms with Gasteiger partial charge in [0.1, 0.15) is 40.5 Å². The number of aliphatic imine (C=N–C) groups is 1. The number of amides is 4. The first kappa shape index (κ1) is 47.2. The fourth-order valence-electron chi connectivity index (χ4n) is 7.62. The number of likely N-dealkylation sites (tertiary alicyclic amines) is 1. The van der Waals surface area contributed by atoms with Crippen LogP contribution < -0.4 is 42.6 Å². The molecule has 5 aromatic rings. The highest BCUT2D eigenvalue weighted by Crippen LogP contribution is 2.33.